The molecule has 94 valence electrons. The van der Waals surface area contributed by atoms with E-state index in [4.69, 9.17) is 4.74 Å². The molecule has 2 heterocycles. The van der Waals surface area contributed by atoms with Gasteiger partial charge >= 0.3 is 0 Å². The molecule has 2 unspecified atom stereocenters. The normalized spacial score (nSPS) is 33.0. The van der Waals surface area contributed by atoms with Crippen LogP contribution < -0.4 is 0 Å². The molecule has 0 aromatic heterocycles. The molecule has 2 rings (SSSR count). The van der Waals surface area contributed by atoms with Crippen LogP contribution in [0.15, 0.2) is 0 Å². The zero-order valence-corrected chi connectivity index (χ0v) is 11.2. The Balaban J connectivity index is 2.04. The molecule has 2 aliphatic heterocycles. The molecular formula is C13H26N2O. The van der Waals surface area contributed by atoms with Gasteiger partial charge < -0.3 is 4.74 Å². The van der Waals surface area contributed by atoms with Crippen LogP contribution >= 0.6 is 0 Å². The Morgan fingerprint density at radius 3 is 2.75 bits per heavy atom. The molecule has 0 amide bonds. The summed E-state index contributed by atoms with van der Waals surface area (Å²) in [6.07, 6.45) is 2.77. The molecule has 0 aromatic carbocycles. The molecule has 2 atom stereocenters. The predicted molar refractivity (Wildman–Crippen MR) is 66.7 cm³/mol. The summed E-state index contributed by atoms with van der Waals surface area (Å²) in [5.74, 6) is 0. The van der Waals surface area contributed by atoms with E-state index in [2.05, 4.69) is 30.6 Å². The van der Waals surface area contributed by atoms with Crippen LogP contribution in [-0.2, 0) is 4.74 Å². The first-order valence-electron chi connectivity index (χ1n) is 6.54. The zero-order valence-electron chi connectivity index (χ0n) is 11.2. The van der Waals surface area contributed by atoms with Crippen LogP contribution in [0.1, 0.15) is 33.6 Å². The van der Waals surface area contributed by atoms with Gasteiger partial charge in [0.25, 0.3) is 0 Å². The number of hydrogen-bond donors (Lipinski definition) is 0. The molecular weight excluding hydrogens is 200 g/mol. The second kappa shape index (κ2) is 4.63. The van der Waals surface area contributed by atoms with Crippen LogP contribution in [0, 0.1) is 0 Å². The molecule has 0 saturated carbocycles. The Morgan fingerprint density at radius 2 is 2.06 bits per heavy atom. The van der Waals surface area contributed by atoms with Gasteiger partial charge in [0.15, 0.2) is 0 Å². The van der Waals surface area contributed by atoms with Crippen molar-refractivity contribution >= 4 is 0 Å². The number of piperazine rings is 1. The zero-order chi connectivity index (χ0) is 11.8. The Hall–Kier alpha value is -0.120. The summed E-state index contributed by atoms with van der Waals surface area (Å²) in [4.78, 5) is 5.31. The van der Waals surface area contributed by atoms with Gasteiger partial charge in [0.2, 0.25) is 0 Å². The second-order valence-electron chi connectivity index (χ2n) is 6.04. The fraction of sp³-hybridized carbons (Fsp3) is 1.00. The molecule has 0 radical (unpaired) electrons. The standard InChI is InChI=1S/C13H26N2O/c1-11-8-14-7-5-6-12(14)9-15(11)13(2,3)10-16-4/h11-12H,5-10H2,1-4H3. The molecule has 0 aromatic rings. The summed E-state index contributed by atoms with van der Waals surface area (Å²) < 4.78 is 5.36. The van der Waals surface area contributed by atoms with Gasteiger partial charge in [0.1, 0.15) is 0 Å². The highest BCUT2D eigenvalue weighted by molar-refractivity contribution is 4.96. The lowest BCUT2D eigenvalue weighted by Gasteiger charge is -2.49. The van der Waals surface area contributed by atoms with E-state index in [1.807, 2.05) is 0 Å². The SMILES string of the molecule is COCC(C)(C)N1CC2CCCN2CC1C. The van der Waals surface area contributed by atoms with Crippen molar-refractivity contribution in [3.63, 3.8) is 0 Å². The highest BCUT2D eigenvalue weighted by Gasteiger charge is 2.40. The maximum Gasteiger partial charge on any atom is 0.0641 e. The van der Waals surface area contributed by atoms with Gasteiger partial charge in [-0.1, -0.05) is 0 Å². The van der Waals surface area contributed by atoms with Crippen LogP contribution in [0.4, 0.5) is 0 Å². The van der Waals surface area contributed by atoms with Crippen LogP contribution in [0.2, 0.25) is 0 Å². The van der Waals surface area contributed by atoms with Crippen molar-refractivity contribution < 1.29 is 4.74 Å². The third kappa shape index (κ3) is 2.27. The van der Waals surface area contributed by atoms with E-state index < -0.39 is 0 Å². The Bertz CT molecular complexity index is 242. The van der Waals surface area contributed by atoms with Crippen LogP contribution in [0.3, 0.4) is 0 Å². The van der Waals surface area contributed by atoms with E-state index in [-0.39, 0.29) is 5.54 Å². The maximum atomic E-state index is 5.36. The first kappa shape index (κ1) is 12.3. The Labute approximate surface area is 99.7 Å². The van der Waals surface area contributed by atoms with Gasteiger partial charge in [-0.15, -0.1) is 0 Å². The fourth-order valence-electron chi connectivity index (χ4n) is 3.47. The largest absolute Gasteiger partial charge is 0.383 e. The Kier molecular flexibility index (Phi) is 3.57. The van der Waals surface area contributed by atoms with Crippen molar-refractivity contribution in [2.45, 2.75) is 51.2 Å². The summed E-state index contributed by atoms with van der Waals surface area (Å²) in [5.41, 5.74) is 0.169. The van der Waals surface area contributed by atoms with E-state index in [0.717, 1.165) is 12.6 Å². The molecule has 2 aliphatic rings. The number of hydrogen-bond acceptors (Lipinski definition) is 3. The van der Waals surface area contributed by atoms with E-state index in [0.29, 0.717) is 6.04 Å². The first-order valence-corrected chi connectivity index (χ1v) is 6.54. The van der Waals surface area contributed by atoms with E-state index in [1.54, 1.807) is 7.11 Å². The third-order valence-electron chi connectivity index (χ3n) is 4.21. The van der Waals surface area contributed by atoms with Crippen molar-refractivity contribution in [1.29, 1.82) is 0 Å². The molecule has 0 aliphatic carbocycles. The van der Waals surface area contributed by atoms with Crippen molar-refractivity contribution in [1.82, 2.24) is 9.80 Å². The van der Waals surface area contributed by atoms with Gasteiger partial charge in [-0.2, -0.15) is 0 Å². The van der Waals surface area contributed by atoms with Gasteiger partial charge in [-0.25, -0.2) is 0 Å². The lowest BCUT2D eigenvalue weighted by molar-refractivity contribution is -0.0406. The molecule has 3 heteroatoms. The first-order chi connectivity index (χ1) is 7.54. The number of fused-ring (bicyclic) bond motifs is 1. The van der Waals surface area contributed by atoms with Gasteiger partial charge in [0.05, 0.1) is 6.61 Å². The smallest absolute Gasteiger partial charge is 0.0641 e. The van der Waals surface area contributed by atoms with E-state index >= 15 is 0 Å². The monoisotopic (exact) mass is 226 g/mol. The summed E-state index contributed by atoms with van der Waals surface area (Å²) in [7, 11) is 1.80. The average Bonchev–Trinajstić information content (AvgIpc) is 2.63. The molecule has 16 heavy (non-hydrogen) atoms. The van der Waals surface area contributed by atoms with Gasteiger partial charge in [0, 0.05) is 37.8 Å². The summed E-state index contributed by atoms with van der Waals surface area (Å²) in [6.45, 7) is 11.5. The minimum Gasteiger partial charge on any atom is -0.383 e. The number of methoxy groups -OCH3 is 1. The van der Waals surface area contributed by atoms with Crippen LogP contribution in [0.25, 0.3) is 0 Å². The molecule has 2 saturated heterocycles. The van der Waals surface area contributed by atoms with Crippen LogP contribution in [0.5, 0.6) is 0 Å². The molecule has 2 fully saturated rings. The highest BCUT2D eigenvalue weighted by Crippen LogP contribution is 2.29. The predicted octanol–water partition coefficient (Wildman–Crippen LogP) is 1.58. The Morgan fingerprint density at radius 1 is 1.31 bits per heavy atom. The van der Waals surface area contributed by atoms with Crippen LogP contribution in [-0.4, -0.2) is 60.8 Å². The van der Waals surface area contributed by atoms with Crippen molar-refractivity contribution in [3.05, 3.63) is 0 Å². The van der Waals surface area contributed by atoms with Gasteiger partial charge in [-0.05, 0) is 40.2 Å². The lowest BCUT2D eigenvalue weighted by atomic mass is 9.97. The topological polar surface area (TPSA) is 15.7 Å². The van der Waals surface area contributed by atoms with E-state index in [9.17, 15) is 0 Å². The lowest BCUT2D eigenvalue weighted by Crippen LogP contribution is -2.62. The van der Waals surface area contributed by atoms with Crippen molar-refractivity contribution in [2.75, 3.05) is 33.4 Å². The number of nitrogens with zero attached hydrogens (tertiary/aromatic N) is 2. The third-order valence-corrected chi connectivity index (χ3v) is 4.21. The molecule has 0 bridgehead atoms. The van der Waals surface area contributed by atoms with Crippen molar-refractivity contribution in [3.8, 4) is 0 Å². The highest BCUT2D eigenvalue weighted by atomic mass is 16.5. The quantitative estimate of drug-likeness (QED) is 0.726. The fourth-order valence-corrected chi connectivity index (χ4v) is 3.47. The minimum atomic E-state index is 0.169. The minimum absolute atomic E-state index is 0.169. The molecule has 0 N–H and O–H groups in total. The van der Waals surface area contributed by atoms with Gasteiger partial charge in [-0.3, -0.25) is 9.80 Å². The number of ether oxygens (including phenoxy) is 1. The maximum absolute atomic E-state index is 5.36. The van der Waals surface area contributed by atoms with Crippen molar-refractivity contribution in [2.24, 2.45) is 0 Å². The summed E-state index contributed by atoms with van der Waals surface area (Å²) in [5, 5.41) is 0. The molecule has 0 spiro atoms. The van der Waals surface area contributed by atoms with E-state index in [1.165, 1.54) is 32.5 Å². The number of rotatable bonds is 3. The second-order valence-corrected chi connectivity index (χ2v) is 6.04. The summed E-state index contributed by atoms with van der Waals surface area (Å²) in [6, 6.07) is 1.45. The molecule has 3 nitrogen and oxygen atoms in total. The summed E-state index contributed by atoms with van der Waals surface area (Å²) >= 11 is 0. The average molecular weight is 226 g/mol.